The number of phosphoric ester groups is 2. The van der Waals surface area contributed by atoms with Crippen molar-refractivity contribution >= 4 is 39.5 Å². The number of ether oxygens (including phenoxy) is 4. The first-order valence-electron chi connectivity index (χ1n) is 37.2. The van der Waals surface area contributed by atoms with Crippen molar-refractivity contribution < 1.29 is 80.2 Å². The molecule has 0 amide bonds. The molecule has 0 aromatic rings. The molecule has 0 fully saturated rings. The van der Waals surface area contributed by atoms with Crippen LogP contribution >= 0.6 is 15.6 Å². The smallest absolute Gasteiger partial charge is 0.462 e. The van der Waals surface area contributed by atoms with Crippen LogP contribution < -0.4 is 0 Å². The Morgan fingerprint density at radius 1 is 0.275 bits per heavy atom. The van der Waals surface area contributed by atoms with E-state index in [1.54, 1.807) is 0 Å². The van der Waals surface area contributed by atoms with Crippen LogP contribution in [0.1, 0.15) is 357 Å². The Balaban J connectivity index is 5.22. The number of carbonyl (C=O) groups excluding carboxylic acids is 4. The highest BCUT2D eigenvalue weighted by Crippen LogP contribution is 2.45. The van der Waals surface area contributed by atoms with Crippen LogP contribution in [0.15, 0.2) is 0 Å². The number of carbonyl (C=O) groups is 4. The summed E-state index contributed by atoms with van der Waals surface area (Å²) in [6, 6.07) is 0. The average molecular weight is 1340 g/mol. The summed E-state index contributed by atoms with van der Waals surface area (Å²) in [6.45, 7) is 14.0. The lowest BCUT2D eigenvalue weighted by Crippen LogP contribution is -2.30. The molecule has 0 aliphatic rings. The maximum absolute atomic E-state index is 13.0. The maximum Gasteiger partial charge on any atom is 0.472 e. The van der Waals surface area contributed by atoms with E-state index in [4.69, 9.17) is 37.0 Å². The average Bonchev–Trinajstić information content (AvgIpc) is 3.14. The fourth-order valence-electron chi connectivity index (χ4n) is 10.8. The summed E-state index contributed by atoms with van der Waals surface area (Å²) in [7, 11) is -9.90. The normalized spacial score (nSPS) is 14.2. The second kappa shape index (κ2) is 61.6. The summed E-state index contributed by atoms with van der Waals surface area (Å²) < 4.78 is 68.3. The number of unbranched alkanes of at least 4 members (excludes halogenated alkanes) is 35. The van der Waals surface area contributed by atoms with Gasteiger partial charge >= 0.3 is 39.5 Å². The molecule has 0 aliphatic heterocycles. The zero-order chi connectivity index (χ0) is 67.5. The lowest BCUT2D eigenvalue weighted by atomic mass is 10.0. The van der Waals surface area contributed by atoms with Crippen LogP contribution in [0.5, 0.6) is 0 Å². The van der Waals surface area contributed by atoms with Gasteiger partial charge in [-0.15, -0.1) is 0 Å². The van der Waals surface area contributed by atoms with E-state index in [1.807, 2.05) is 0 Å². The van der Waals surface area contributed by atoms with E-state index in [-0.39, 0.29) is 25.7 Å². The maximum atomic E-state index is 13.0. The number of esters is 4. The summed E-state index contributed by atoms with van der Waals surface area (Å²) in [6.07, 6.45) is 44.7. The van der Waals surface area contributed by atoms with Crippen molar-refractivity contribution in [3.05, 3.63) is 0 Å². The van der Waals surface area contributed by atoms with Crippen LogP contribution in [-0.2, 0) is 65.4 Å². The molecular formula is C72H140O17P2. The number of hydrogen-bond acceptors (Lipinski definition) is 15. The van der Waals surface area contributed by atoms with E-state index in [0.29, 0.717) is 37.5 Å². The summed E-state index contributed by atoms with van der Waals surface area (Å²) in [5.41, 5.74) is 0. The lowest BCUT2D eigenvalue weighted by molar-refractivity contribution is -0.161. The number of rotatable bonds is 69. The third-order valence-electron chi connectivity index (χ3n) is 16.6. The first-order valence-corrected chi connectivity index (χ1v) is 40.2. The van der Waals surface area contributed by atoms with Crippen molar-refractivity contribution in [3.63, 3.8) is 0 Å². The molecule has 3 unspecified atom stereocenters. The first kappa shape index (κ1) is 89.1. The highest BCUT2D eigenvalue weighted by molar-refractivity contribution is 7.47. The molecule has 0 aromatic carbocycles. The summed E-state index contributed by atoms with van der Waals surface area (Å²) >= 11 is 0. The molecular weight excluding hydrogens is 1200 g/mol. The quantitative estimate of drug-likeness (QED) is 0.0222. The van der Waals surface area contributed by atoms with E-state index in [9.17, 15) is 43.2 Å². The molecule has 0 aromatic heterocycles. The fraction of sp³-hybridized carbons (Fsp3) is 0.944. The van der Waals surface area contributed by atoms with Gasteiger partial charge in [-0.3, -0.25) is 37.3 Å². The highest BCUT2D eigenvalue weighted by Gasteiger charge is 2.30. The predicted octanol–water partition coefficient (Wildman–Crippen LogP) is 20.5. The summed E-state index contributed by atoms with van der Waals surface area (Å²) in [5.74, 6) is 0.819. The minimum Gasteiger partial charge on any atom is -0.462 e. The highest BCUT2D eigenvalue weighted by atomic mass is 31.2. The van der Waals surface area contributed by atoms with Gasteiger partial charge in [-0.2, -0.15) is 0 Å². The number of aliphatic hydroxyl groups excluding tert-OH is 1. The number of hydrogen-bond donors (Lipinski definition) is 3. The van der Waals surface area contributed by atoms with E-state index < -0.39 is 97.5 Å². The lowest BCUT2D eigenvalue weighted by Gasteiger charge is -2.21. The Labute approximate surface area is 556 Å². The van der Waals surface area contributed by atoms with Gasteiger partial charge in [0.1, 0.15) is 19.3 Å². The van der Waals surface area contributed by atoms with Gasteiger partial charge in [-0.1, -0.05) is 306 Å². The van der Waals surface area contributed by atoms with Crippen LogP contribution in [0.2, 0.25) is 0 Å². The summed E-state index contributed by atoms with van der Waals surface area (Å²) in [4.78, 5) is 72.6. The van der Waals surface area contributed by atoms with Gasteiger partial charge in [-0.25, -0.2) is 9.13 Å². The minimum atomic E-state index is -4.95. The van der Waals surface area contributed by atoms with Crippen LogP contribution in [0.4, 0.5) is 0 Å². The molecule has 5 atom stereocenters. The molecule has 0 saturated carbocycles. The fourth-order valence-corrected chi connectivity index (χ4v) is 12.4. The minimum absolute atomic E-state index is 0.101. The zero-order valence-electron chi connectivity index (χ0n) is 59.5. The Kier molecular flexibility index (Phi) is 60.3. The summed E-state index contributed by atoms with van der Waals surface area (Å²) in [5, 5.41) is 10.6. The van der Waals surface area contributed by atoms with Crippen molar-refractivity contribution in [2.75, 3.05) is 39.6 Å². The van der Waals surface area contributed by atoms with Crippen molar-refractivity contribution in [1.29, 1.82) is 0 Å². The molecule has 0 bridgehead atoms. The van der Waals surface area contributed by atoms with Gasteiger partial charge in [0.25, 0.3) is 0 Å². The van der Waals surface area contributed by atoms with Crippen molar-refractivity contribution in [2.45, 2.75) is 375 Å². The zero-order valence-corrected chi connectivity index (χ0v) is 61.3. The molecule has 3 N–H and O–H groups in total. The monoisotopic (exact) mass is 1340 g/mol. The molecule has 0 heterocycles. The SMILES string of the molecule is CC(C)CCCCCCCCCCCCCCCCC(=O)OC[C@H](COP(=O)(O)OCC(O)COP(=O)(O)OC[C@@H](COC(=O)CCCCCCCCCC(C)C)OC(=O)CCCCCCCCC(C)C)OC(=O)CCCCCCCCCCCCCCC(C)C. The Morgan fingerprint density at radius 3 is 0.681 bits per heavy atom. The second-order valence-corrected chi connectivity index (χ2v) is 30.8. The van der Waals surface area contributed by atoms with Crippen molar-refractivity contribution in [2.24, 2.45) is 23.7 Å². The molecule has 19 heteroatoms. The van der Waals surface area contributed by atoms with Crippen LogP contribution in [0, 0.1) is 23.7 Å². The number of phosphoric acid groups is 2. The van der Waals surface area contributed by atoms with Crippen LogP contribution in [0.3, 0.4) is 0 Å². The molecule has 91 heavy (non-hydrogen) atoms. The Morgan fingerprint density at radius 2 is 0.462 bits per heavy atom. The molecule has 17 nitrogen and oxygen atoms in total. The van der Waals surface area contributed by atoms with Crippen molar-refractivity contribution in [3.8, 4) is 0 Å². The number of aliphatic hydroxyl groups is 1. The van der Waals surface area contributed by atoms with Crippen molar-refractivity contribution in [1.82, 2.24) is 0 Å². The Hall–Kier alpha value is -1.94. The molecule has 0 spiro atoms. The predicted molar refractivity (Wildman–Crippen MR) is 367 cm³/mol. The molecule has 0 radical (unpaired) electrons. The topological polar surface area (TPSA) is 237 Å². The standard InChI is InChI=1S/C72H140O17P2/c1-62(2)48-40-32-24-19-15-11-9-10-12-17-21-27-36-44-52-69(74)82-58-67(88-71(76)54-46-38-28-22-18-14-13-16-20-25-33-41-49-63(3)4)60-86-90(78,79)84-56-66(73)57-85-91(80,81)87-61-68(89-72(77)55-47-39-31-30-35-43-51-65(7)8)59-83-70(75)53-45-37-29-23-26-34-42-50-64(5)6/h62-68,73H,9-61H2,1-8H3,(H,78,79)(H,80,81)/t66?,67-,68-/m1/s1. The van der Waals surface area contributed by atoms with Gasteiger partial charge in [-0.05, 0) is 49.4 Å². The third kappa shape index (κ3) is 66.5. The van der Waals surface area contributed by atoms with E-state index in [1.165, 1.54) is 154 Å². The molecule has 0 aliphatic carbocycles. The van der Waals surface area contributed by atoms with E-state index in [0.717, 1.165) is 108 Å². The molecule has 0 saturated heterocycles. The van der Waals surface area contributed by atoms with Gasteiger partial charge in [0.05, 0.1) is 26.4 Å². The van der Waals surface area contributed by atoms with Crippen LogP contribution in [-0.4, -0.2) is 96.7 Å². The van der Waals surface area contributed by atoms with Crippen LogP contribution in [0.25, 0.3) is 0 Å². The van der Waals surface area contributed by atoms with Gasteiger partial charge < -0.3 is 33.8 Å². The second-order valence-electron chi connectivity index (χ2n) is 27.9. The first-order chi connectivity index (χ1) is 43.6. The molecule has 0 rings (SSSR count). The van der Waals surface area contributed by atoms with E-state index in [2.05, 4.69) is 55.4 Å². The third-order valence-corrected chi connectivity index (χ3v) is 18.5. The van der Waals surface area contributed by atoms with Gasteiger partial charge in [0, 0.05) is 25.7 Å². The largest absolute Gasteiger partial charge is 0.472 e. The Bertz CT molecular complexity index is 1800. The molecule has 540 valence electrons. The van der Waals surface area contributed by atoms with E-state index >= 15 is 0 Å². The van der Waals surface area contributed by atoms with Gasteiger partial charge in [0.15, 0.2) is 12.2 Å². The van der Waals surface area contributed by atoms with Gasteiger partial charge in [0.2, 0.25) is 0 Å².